The second-order valence-electron chi connectivity index (χ2n) is 4.91. The number of halogens is 4. The Balaban J connectivity index is 2.23. The van der Waals surface area contributed by atoms with Gasteiger partial charge in [-0.15, -0.1) is 0 Å². The van der Waals surface area contributed by atoms with Gasteiger partial charge < -0.3 is 5.32 Å². The molecule has 2 unspecified atom stereocenters. The Morgan fingerprint density at radius 2 is 1.43 bits per heavy atom. The topological polar surface area (TPSA) is 12.0 Å². The van der Waals surface area contributed by atoms with E-state index in [0.717, 1.165) is 30.3 Å². The monoisotopic (exact) mass is 297 g/mol. The highest BCUT2D eigenvalue weighted by Crippen LogP contribution is 2.25. The van der Waals surface area contributed by atoms with Crippen molar-refractivity contribution < 1.29 is 17.6 Å². The van der Waals surface area contributed by atoms with Crippen molar-refractivity contribution in [2.24, 2.45) is 0 Å². The van der Waals surface area contributed by atoms with Gasteiger partial charge in [0.1, 0.15) is 23.3 Å². The quantitative estimate of drug-likeness (QED) is 0.810. The molecule has 0 radical (unpaired) electrons. The van der Waals surface area contributed by atoms with Gasteiger partial charge in [-0.1, -0.05) is 6.07 Å². The van der Waals surface area contributed by atoms with Gasteiger partial charge in [0.05, 0.1) is 0 Å². The van der Waals surface area contributed by atoms with E-state index in [2.05, 4.69) is 5.32 Å². The summed E-state index contributed by atoms with van der Waals surface area (Å²) in [6.07, 6.45) is 0. The van der Waals surface area contributed by atoms with Crippen molar-refractivity contribution >= 4 is 0 Å². The minimum atomic E-state index is -0.691. The summed E-state index contributed by atoms with van der Waals surface area (Å²) < 4.78 is 54.2. The van der Waals surface area contributed by atoms with Crippen LogP contribution in [0, 0.1) is 23.3 Å². The molecule has 2 atom stereocenters. The molecule has 2 aromatic rings. The lowest BCUT2D eigenvalue weighted by Crippen LogP contribution is -2.25. The normalized spacial score (nSPS) is 14.0. The van der Waals surface area contributed by atoms with Gasteiger partial charge in [-0.05, 0) is 44.2 Å². The van der Waals surface area contributed by atoms with Gasteiger partial charge in [-0.3, -0.25) is 0 Å². The maximum Gasteiger partial charge on any atom is 0.130 e. The van der Waals surface area contributed by atoms with Crippen molar-refractivity contribution in [1.82, 2.24) is 5.32 Å². The summed E-state index contributed by atoms with van der Waals surface area (Å²) in [5, 5.41) is 2.88. The number of nitrogens with one attached hydrogen (secondary N) is 1. The minimum Gasteiger partial charge on any atom is -0.303 e. The Morgan fingerprint density at radius 1 is 0.810 bits per heavy atom. The second-order valence-corrected chi connectivity index (χ2v) is 4.91. The molecule has 0 saturated carbocycles. The molecule has 1 nitrogen and oxygen atoms in total. The van der Waals surface area contributed by atoms with Crippen LogP contribution in [-0.2, 0) is 0 Å². The molecule has 0 heterocycles. The Morgan fingerprint density at radius 3 is 2.05 bits per heavy atom. The average Bonchev–Trinajstić information content (AvgIpc) is 2.41. The van der Waals surface area contributed by atoms with E-state index in [1.807, 2.05) is 0 Å². The first-order chi connectivity index (χ1) is 9.90. The summed E-state index contributed by atoms with van der Waals surface area (Å²) >= 11 is 0. The Hall–Kier alpha value is -1.88. The fraction of sp³-hybridized carbons (Fsp3) is 0.250. The minimum absolute atomic E-state index is 0.110. The summed E-state index contributed by atoms with van der Waals surface area (Å²) in [6, 6.07) is 5.41. The molecule has 0 aliphatic carbocycles. The first-order valence-electron chi connectivity index (χ1n) is 6.55. The van der Waals surface area contributed by atoms with Crippen molar-refractivity contribution in [2.45, 2.75) is 25.9 Å². The van der Waals surface area contributed by atoms with E-state index in [1.165, 1.54) is 6.07 Å². The Labute approximate surface area is 120 Å². The van der Waals surface area contributed by atoms with Gasteiger partial charge >= 0.3 is 0 Å². The maximum atomic E-state index is 13.7. The molecule has 2 aromatic carbocycles. The number of benzene rings is 2. The van der Waals surface area contributed by atoms with Crippen molar-refractivity contribution in [3.8, 4) is 0 Å². The fourth-order valence-corrected chi connectivity index (χ4v) is 2.32. The summed E-state index contributed by atoms with van der Waals surface area (Å²) in [5.74, 6) is -2.49. The van der Waals surface area contributed by atoms with E-state index in [0.29, 0.717) is 0 Å². The molecule has 0 fully saturated rings. The molecule has 2 rings (SSSR count). The standard InChI is InChI=1S/C16H15F4N/c1-9(12-8-11(17)6-7-13(12)18)21-10(2)16-14(19)4-3-5-15(16)20/h3-10,21H,1-2H3. The third-order valence-corrected chi connectivity index (χ3v) is 3.36. The van der Waals surface area contributed by atoms with Gasteiger partial charge in [-0.25, -0.2) is 17.6 Å². The molecule has 5 heteroatoms. The van der Waals surface area contributed by atoms with Gasteiger partial charge in [0.2, 0.25) is 0 Å². The lowest BCUT2D eigenvalue weighted by atomic mass is 10.0. The van der Waals surface area contributed by atoms with Crippen LogP contribution in [0.25, 0.3) is 0 Å². The van der Waals surface area contributed by atoms with Crippen LogP contribution in [0.1, 0.15) is 37.1 Å². The third-order valence-electron chi connectivity index (χ3n) is 3.36. The first-order valence-corrected chi connectivity index (χ1v) is 6.55. The molecule has 0 bridgehead atoms. The van der Waals surface area contributed by atoms with Crippen LogP contribution < -0.4 is 5.32 Å². The molecular formula is C16H15F4N. The van der Waals surface area contributed by atoms with Crippen LogP contribution in [0.2, 0.25) is 0 Å². The van der Waals surface area contributed by atoms with E-state index < -0.39 is 35.4 Å². The molecule has 0 aliphatic rings. The zero-order chi connectivity index (χ0) is 15.6. The van der Waals surface area contributed by atoms with Gasteiger partial charge in [0, 0.05) is 23.2 Å². The lowest BCUT2D eigenvalue weighted by molar-refractivity contribution is 0.438. The highest BCUT2D eigenvalue weighted by molar-refractivity contribution is 5.25. The van der Waals surface area contributed by atoms with Gasteiger partial charge in [0.15, 0.2) is 0 Å². The molecule has 0 amide bonds. The van der Waals surface area contributed by atoms with Crippen molar-refractivity contribution in [3.05, 3.63) is 70.8 Å². The smallest absolute Gasteiger partial charge is 0.130 e. The predicted molar refractivity (Wildman–Crippen MR) is 72.7 cm³/mol. The van der Waals surface area contributed by atoms with E-state index in [1.54, 1.807) is 13.8 Å². The summed E-state index contributed by atoms with van der Waals surface area (Å²) in [4.78, 5) is 0. The third kappa shape index (κ3) is 3.42. The number of rotatable bonds is 4. The van der Waals surface area contributed by atoms with Crippen molar-refractivity contribution in [3.63, 3.8) is 0 Å². The number of hydrogen-bond donors (Lipinski definition) is 1. The van der Waals surface area contributed by atoms with E-state index >= 15 is 0 Å². The summed E-state index contributed by atoms with van der Waals surface area (Å²) in [5.41, 5.74) is -0.0141. The van der Waals surface area contributed by atoms with Crippen molar-refractivity contribution in [1.29, 1.82) is 0 Å². The second kappa shape index (κ2) is 6.26. The van der Waals surface area contributed by atoms with Crippen LogP contribution in [-0.4, -0.2) is 0 Å². The Bertz CT molecular complexity index is 622. The molecule has 0 saturated heterocycles. The largest absolute Gasteiger partial charge is 0.303 e. The molecule has 1 N–H and O–H groups in total. The van der Waals surface area contributed by atoms with E-state index in [4.69, 9.17) is 0 Å². The molecule has 0 spiro atoms. The molecule has 21 heavy (non-hydrogen) atoms. The predicted octanol–water partition coefficient (Wildman–Crippen LogP) is 4.65. The van der Waals surface area contributed by atoms with E-state index in [9.17, 15) is 17.6 Å². The van der Waals surface area contributed by atoms with Gasteiger partial charge in [0.25, 0.3) is 0 Å². The lowest BCUT2D eigenvalue weighted by Gasteiger charge is -2.22. The average molecular weight is 297 g/mol. The molecule has 0 aromatic heterocycles. The fourth-order valence-electron chi connectivity index (χ4n) is 2.32. The van der Waals surface area contributed by atoms with Crippen molar-refractivity contribution in [2.75, 3.05) is 0 Å². The maximum absolute atomic E-state index is 13.7. The molecule has 112 valence electrons. The highest BCUT2D eigenvalue weighted by Gasteiger charge is 2.20. The molecular weight excluding hydrogens is 282 g/mol. The SMILES string of the molecule is CC(NC(C)c1c(F)cccc1F)c1cc(F)ccc1F. The summed E-state index contributed by atoms with van der Waals surface area (Å²) in [6.45, 7) is 3.17. The van der Waals surface area contributed by atoms with E-state index in [-0.39, 0.29) is 11.1 Å². The van der Waals surface area contributed by atoms with Gasteiger partial charge in [-0.2, -0.15) is 0 Å². The van der Waals surface area contributed by atoms with Crippen LogP contribution >= 0.6 is 0 Å². The first kappa shape index (κ1) is 15.5. The van der Waals surface area contributed by atoms with Crippen LogP contribution in [0.5, 0.6) is 0 Å². The molecule has 0 aliphatic heterocycles. The van der Waals surface area contributed by atoms with Crippen LogP contribution in [0.15, 0.2) is 36.4 Å². The zero-order valence-electron chi connectivity index (χ0n) is 11.6. The zero-order valence-corrected chi connectivity index (χ0v) is 11.6. The number of hydrogen-bond acceptors (Lipinski definition) is 1. The van der Waals surface area contributed by atoms with Crippen LogP contribution in [0.3, 0.4) is 0 Å². The summed E-state index contributed by atoms with van der Waals surface area (Å²) in [7, 11) is 0. The highest BCUT2D eigenvalue weighted by atomic mass is 19.1. The Kier molecular flexibility index (Phi) is 4.63. The van der Waals surface area contributed by atoms with Crippen LogP contribution in [0.4, 0.5) is 17.6 Å².